The van der Waals surface area contributed by atoms with Gasteiger partial charge >= 0.3 is 5.97 Å². The van der Waals surface area contributed by atoms with Crippen molar-refractivity contribution in [3.8, 4) is 0 Å². The van der Waals surface area contributed by atoms with E-state index in [-0.39, 0.29) is 11.6 Å². The Morgan fingerprint density at radius 1 is 0.964 bits per heavy atom. The van der Waals surface area contributed by atoms with Gasteiger partial charge in [0.1, 0.15) is 0 Å². The first kappa shape index (κ1) is 19.0. The summed E-state index contributed by atoms with van der Waals surface area (Å²) in [6.07, 6.45) is 0. The van der Waals surface area contributed by atoms with Crippen LogP contribution in [0.5, 0.6) is 0 Å². The molecule has 0 saturated carbocycles. The minimum absolute atomic E-state index is 0.224. The molecule has 0 bridgehead atoms. The first-order valence-electron chi connectivity index (χ1n) is 8.66. The van der Waals surface area contributed by atoms with Gasteiger partial charge in [-0.1, -0.05) is 42.5 Å². The number of amides is 1. The molecule has 1 N–H and O–H groups in total. The molecular formula is C21H20N4O3. The van der Waals surface area contributed by atoms with E-state index in [0.717, 1.165) is 5.56 Å². The second kappa shape index (κ2) is 8.77. The second-order valence-corrected chi connectivity index (χ2v) is 6.11. The number of nitrogens with one attached hydrogen (secondary N) is 1. The number of benzene rings is 2. The summed E-state index contributed by atoms with van der Waals surface area (Å²) in [6.45, 7) is 0.480. The summed E-state index contributed by atoms with van der Waals surface area (Å²) in [7, 11) is 3.04. The highest BCUT2D eigenvalue weighted by Crippen LogP contribution is 2.20. The zero-order chi connectivity index (χ0) is 19.9. The zero-order valence-electron chi connectivity index (χ0n) is 15.6. The number of ether oxygens (including phenoxy) is 1. The Morgan fingerprint density at radius 2 is 1.68 bits per heavy atom. The molecule has 0 unspecified atom stereocenters. The van der Waals surface area contributed by atoms with E-state index < -0.39 is 5.97 Å². The molecule has 0 spiro atoms. The average Bonchev–Trinajstić information content (AvgIpc) is 2.74. The van der Waals surface area contributed by atoms with Crippen LogP contribution in [0.1, 0.15) is 26.4 Å². The first-order valence-corrected chi connectivity index (χ1v) is 8.66. The summed E-state index contributed by atoms with van der Waals surface area (Å²) in [5, 5.41) is 11.1. The Bertz CT molecular complexity index is 959. The Labute approximate surface area is 163 Å². The fraction of sp³-hybridized carbons (Fsp3) is 0.143. The quantitative estimate of drug-likeness (QED) is 0.665. The largest absolute Gasteiger partial charge is 0.465 e. The number of nitrogens with zero attached hydrogens (tertiary/aromatic N) is 3. The molecule has 3 rings (SSSR count). The van der Waals surface area contributed by atoms with Gasteiger partial charge in [0.25, 0.3) is 5.91 Å². The van der Waals surface area contributed by atoms with Gasteiger partial charge < -0.3 is 15.0 Å². The van der Waals surface area contributed by atoms with E-state index in [1.807, 2.05) is 30.3 Å². The van der Waals surface area contributed by atoms with Gasteiger partial charge in [0.2, 0.25) is 0 Å². The van der Waals surface area contributed by atoms with Crippen molar-refractivity contribution in [3.05, 3.63) is 83.6 Å². The summed E-state index contributed by atoms with van der Waals surface area (Å²) in [4.78, 5) is 26.0. The molecular weight excluding hydrogens is 356 g/mol. The van der Waals surface area contributed by atoms with Crippen LogP contribution in [0.2, 0.25) is 0 Å². The molecule has 7 heteroatoms. The zero-order valence-corrected chi connectivity index (χ0v) is 15.6. The summed E-state index contributed by atoms with van der Waals surface area (Å²) < 4.78 is 4.78. The van der Waals surface area contributed by atoms with E-state index >= 15 is 0 Å². The molecule has 0 aliphatic carbocycles. The summed E-state index contributed by atoms with van der Waals surface area (Å²) in [5.74, 6) is -0.262. The third-order valence-corrected chi connectivity index (χ3v) is 4.09. The fourth-order valence-electron chi connectivity index (χ4n) is 2.66. The number of carbonyl (C=O) groups excluding carboxylic acids is 2. The van der Waals surface area contributed by atoms with Crippen molar-refractivity contribution in [1.29, 1.82) is 0 Å². The van der Waals surface area contributed by atoms with Gasteiger partial charge in [0, 0.05) is 13.6 Å². The van der Waals surface area contributed by atoms with Crippen molar-refractivity contribution in [2.45, 2.75) is 6.54 Å². The topological polar surface area (TPSA) is 84.4 Å². The number of esters is 1. The van der Waals surface area contributed by atoms with E-state index in [1.165, 1.54) is 7.11 Å². The van der Waals surface area contributed by atoms with Crippen molar-refractivity contribution in [1.82, 2.24) is 15.1 Å². The number of methoxy groups -OCH3 is 1. The average molecular weight is 376 g/mol. The monoisotopic (exact) mass is 376 g/mol. The molecule has 0 radical (unpaired) electrons. The highest BCUT2D eigenvalue weighted by molar-refractivity contribution is 5.96. The molecule has 0 fully saturated rings. The molecule has 2 aromatic carbocycles. The number of para-hydroxylation sites is 1. The van der Waals surface area contributed by atoms with Gasteiger partial charge in [0.15, 0.2) is 11.5 Å². The highest BCUT2D eigenvalue weighted by Gasteiger charge is 2.15. The van der Waals surface area contributed by atoms with Gasteiger partial charge in [-0.15, -0.1) is 10.2 Å². The van der Waals surface area contributed by atoms with Gasteiger partial charge in [-0.3, -0.25) is 4.79 Å². The Balaban J connectivity index is 1.70. The SMILES string of the molecule is COC(=O)c1ccccc1Nc1ccc(C(=O)N(C)Cc2ccccc2)nn1. The van der Waals surface area contributed by atoms with Crippen LogP contribution in [0.4, 0.5) is 11.5 Å². The smallest absolute Gasteiger partial charge is 0.339 e. The number of rotatable bonds is 6. The number of aromatic nitrogens is 2. The Morgan fingerprint density at radius 3 is 2.36 bits per heavy atom. The predicted molar refractivity (Wildman–Crippen MR) is 105 cm³/mol. The molecule has 1 aromatic heterocycles. The number of anilines is 2. The van der Waals surface area contributed by atoms with Crippen LogP contribution in [0.15, 0.2) is 66.7 Å². The summed E-state index contributed by atoms with van der Waals surface area (Å²) in [5.41, 5.74) is 2.20. The molecule has 7 nitrogen and oxygen atoms in total. The standard InChI is InChI=1S/C21H20N4O3/c1-25(14-15-8-4-3-5-9-15)20(26)18-12-13-19(24-23-18)22-17-11-7-6-10-16(17)21(27)28-2/h3-13H,14H2,1-2H3,(H,22,24). The van der Waals surface area contributed by atoms with Gasteiger partial charge in [-0.2, -0.15) is 0 Å². The van der Waals surface area contributed by atoms with E-state index in [1.54, 1.807) is 48.3 Å². The van der Waals surface area contributed by atoms with E-state index in [0.29, 0.717) is 23.6 Å². The molecule has 0 aliphatic heterocycles. The van der Waals surface area contributed by atoms with Crippen LogP contribution < -0.4 is 5.32 Å². The van der Waals surface area contributed by atoms with Crippen LogP contribution in [0, 0.1) is 0 Å². The van der Waals surface area contributed by atoms with Crippen molar-refractivity contribution >= 4 is 23.4 Å². The lowest BCUT2D eigenvalue weighted by Gasteiger charge is -2.16. The van der Waals surface area contributed by atoms with E-state index in [4.69, 9.17) is 4.74 Å². The maximum absolute atomic E-state index is 12.5. The van der Waals surface area contributed by atoms with Crippen molar-refractivity contribution in [2.75, 3.05) is 19.5 Å². The molecule has 0 saturated heterocycles. The van der Waals surface area contributed by atoms with E-state index in [9.17, 15) is 9.59 Å². The van der Waals surface area contributed by atoms with Gasteiger partial charge in [-0.05, 0) is 29.8 Å². The highest BCUT2D eigenvalue weighted by atomic mass is 16.5. The predicted octanol–water partition coefficient (Wildman–Crippen LogP) is 3.28. The minimum atomic E-state index is -0.453. The molecule has 3 aromatic rings. The van der Waals surface area contributed by atoms with E-state index in [2.05, 4.69) is 15.5 Å². The Hall–Kier alpha value is -3.74. The second-order valence-electron chi connectivity index (χ2n) is 6.11. The third kappa shape index (κ3) is 4.50. The van der Waals surface area contributed by atoms with Gasteiger partial charge in [0.05, 0.1) is 18.4 Å². The minimum Gasteiger partial charge on any atom is -0.465 e. The number of hydrogen-bond donors (Lipinski definition) is 1. The molecule has 0 aliphatic rings. The van der Waals surface area contributed by atoms with Crippen molar-refractivity contribution in [3.63, 3.8) is 0 Å². The maximum Gasteiger partial charge on any atom is 0.339 e. The third-order valence-electron chi connectivity index (χ3n) is 4.09. The van der Waals surface area contributed by atoms with Crippen molar-refractivity contribution < 1.29 is 14.3 Å². The van der Waals surface area contributed by atoms with Crippen LogP contribution in [-0.4, -0.2) is 41.1 Å². The summed E-state index contributed by atoms with van der Waals surface area (Å²) >= 11 is 0. The Kier molecular flexibility index (Phi) is 5.96. The lowest BCUT2D eigenvalue weighted by Crippen LogP contribution is -2.27. The first-order chi connectivity index (χ1) is 13.6. The number of hydrogen-bond acceptors (Lipinski definition) is 6. The van der Waals surface area contributed by atoms with Crippen molar-refractivity contribution in [2.24, 2.45) is 0 Å². The summed E-state index contributed by atoms with van der Waals surface area (Å²) in [6, 6.07) is 19.9. The maximum atomic E-state index is 12.5. The van der Waals surface area contributed by atoms with Crippen LogP contribution in [0.3, 0.4) is 0 Å². The molecule has 28 heavy (non-hydrogen) atoms. The van der Waals surface area contributed by atoms with Crippen LogP contribution in [0.25, 0.3) is 0 Å². The van der Waals surface area contributed by atoms with Gasteiger partial charge in [-0.25, -0.2) is 4.79 Å². The van der Waals surface area contributed by atoms with Crippen LogP contribution in [-0.2, 0) is 11.3 Å². The lowest BCUT2D eigenvalue weighted by molar-refractivity contribution is 0.0601. The lowest BCUT2D eigenvalue weighted by atomic mass is 10.2. The fourth-order valence-corrected chi connectivity index (χ4v) is 2.66. The normalized spacial score (nSPS) is 10.2. The number of carbonyl (C=O) groups is 2. The molecule has 142 valence electrons. The molecule has 1 amide bonds. The van der Waals surface area contributed by atoms with Crippen LogP contribution >= 0.6 is 0 Å². The molecule has 1 heterocycles. The molecule has 0 atom stereocenters.